The van der Waals surface area contributed by atoms with Crippen LogP contribution in [0.25, 0.3) is 0 Å². The summed E-state index contributed by atoms with van der Waals surface area (Å²) in [5.74, 6) is -1.03. The molecule has 0 heterocycles. The number of aliphatic carboxylic acids is 1. The maximum Gasteiger partial charge on any atom is 1.00 e. The van der Waals surface area contributed by atoms with Crippen molar-refractivity contribution in [3.8, 4) is 0 Å². The van der Waals surface area contributed by atoms with Gasteiger partial charge in [0.25, 0.3) is 0 Å². The Balaban J connectivity index is -0.000000130. The molecule has 1 rings (SSSR count). The van der Waals surface area contributed by atoms with Crippen LogP contribution >= 0.6 is 0 Å². The first-order valence-electron chi connectivity index (χ1n) is 5.65. The van der Waals surface area contributed by atoms with Gasteiger partial charge in [-0.2, -0.15) is 30.3 Å². The fourth-order valence-corrected chi connectivity index (χ4v) is 0.737. The molecule has 1 N–H and O–H groups in total. The van der Waals surface area contributed by atoms with E-state index in [9.17, 15) is 9.59 Å². The first-order valence-corrected chi connectivity index (χ1v) is 5.65. The van der Waals surface area contributed by atoms with E-state index in [1.807, 2.05) is 0 Å². The molecule has 0 aliphatic heterocycles. The van der Waals surface area contributed by atoms with Crippen molar-refractivity contribution in [2.75, 3.05) is 6.61 Å². The van der Waals surface area contributed by atoms with Crippen LogP contribution in [0.1, 0.15) is 38.1 Å². The third-order valence-electron chi connectivity index (χ3n) is 1.87. The predicted octanol–water partition coefficient (Wildman–Crippen LogP) is -3.21. The molecule has 0 fully saturated rings. The summed E-state index contributed by atoms with van der Waals surface area (Å²) in [5, 5.41) is 8.25. The number of carboxylic acid groups (broad SMARTS) is 1. The monoisotopic (exact) mass is 357 g/mol. The number of ether oxygens (including phenoxy) is 1. The number of esters is 1. The van der Waals surface area contributed by atoms with E-state index < -0.39 is 11.4 Å². The first kappa shape index (κ1) is 28.8. The summed E-state index contributed by atoms with van der Waals surface area (Å²) in [4.78, 5) is 21.0. The molecule has 1 aromatic rings. The molecule has 0 aromatic heterocycles. The van der Waals surface area contributed by atoms with Gasteiger partial charge in [-0.05, 0) is 33.3 Å². The van der Waals surface area contributed by atoms with Crippen LogP contribution in [0.15, 0.2) is 24.3 Å². The van der Waals surface area contributed by atoms with Gasteiger partial charge in [0.2, 0.25) is 0 Å². The van der Waals surface area contributed by atoms with Crippen LogP contribution < -0.4 is 31.3 Å². The van der Waals surface area contributed by atoms with E-state index in [0.29, 0.717) is 12.2 Å². The van der Waals surface area contributed by atoms with E-state index in [1.54, 1.807) is 52.0 Å². The van der Waals surface area contributed by atoms with Crippen LogP contribution in [-0.4, -0.2) is 23.7 Å². The Hall–Kier alpha value is -0.329. The number of carbonyl (C=O) groups is 2. The molecule has 0 saturated carbocycles. The molecule has 110 valence electrons. The average molecular weight is 359 g/mol. The third kappa shape index (κ3) is 14.4. The molecule has 0 unspecified atom stereocenters. The van der Waals surface area contributed by atoms with Crippen molar-refractivity contribution in [1.29, 1.82) is 0 Å². The first-order chi connectivity index (χ1) is 8.29. The molecule has 0 aliphatic rings. The van der Waals surface area contributed by atoms with Crippen molar-refractivity contribution in [2.45, 2.75) is 27.7 Å². The molecule has 0 amide bonds. The standard InChI is InChI=1S/C9H9O2.C5H10O2.ClH.Li.Zn/c1-2-11-9(10)8-6-4-3-5-7-8;1-5(2,3)4(6)7;;;/h4-7H,2H2,1H3;1-3H3,(H,6,7);1H;;/q-1;;;+1;/p-1. The summed E-state index contributed by atoms with van der Waals surface area (Å²) >= 11 is 0. The Morgan fingerprint density at radius 2 is 1.62 bits per heavy atom. The van der Waals surface area contributed by atoms with Crippen LogP contribution in [0.5, 0.6) is 0 Å². The van der Waals surface area contributed by atoms with Gasteiger partial charge in [-0.3, -0.25) is 4.79 Å². The van der Waals surface area contributed by atoms with E-state index in [4.69, 9.17) is 9.84 Å². The van der Waals surface area contributed by atoms with Gasteiger partial charge < -0.3 is 22.3 Å². The predicted molar refractivity (Wildman–Crippen MR) is 68.3 cm³/mol. The van der Waals surface area contributed by atoms with E-state index in [1.165, 1.54) is 0 Å². The van der Waals surface area contributed by atoms with Crippen molar-refractivity contribution in [3.05, 3.63) is 35.9 Å². The Kier molecular flexibility index (Phi) is 20.0. The molecule has 0 atom stereocenters. The largest absolute Gasteiger partial charge is 1.00 e. The maximum atomic E-state index is 11.0. The van der Waals surface area contributed by atoms with E-state index in [2.05, 4.69) is 6.07 Å². The summed E-state index contributed by atoms with van der Waals surface area (Å²) in [6.07, 6.45) is 0. The van der Waals surface area contributed by atoms with Crippen LogP contribution in [0.3, 0.4) is 0 Å². The summed E-state index contributed by atoms with van der Waals surface area (Å²) in [6, 6.07) is 9.55. The normalized spacial score (nSPS) is 8.57. The van der Waals surface area contributed by atoms with E-state index in [0.717, 1.165) is 0 Å². The number of benzene rings is 1. The minimum absolute atomic E-state index is 0. The summed E-state index contributed by atoms with van der Waals surface area (Å²) in [6.45, 7) is 7.18. The Morgan fingerprint density at radius 3 is 1.90 bits per heavy atom. The summed E-state index contributed by atoms with van der Waals surface area (Å²) in [5.41, 5.74) is -0.00870. The van der Waals surface area contributed by atoms with Gasteiger partial charge in [-0.1, -0.05) is 0 Å². The second-order valence-electron chi connectivity index (χ2n) is 4.56. The van der Waals surface area contributed by atoms with Crippen molar-refractivity contribution in [2.24, 2.45) is 5.41 Å². The van der Waals surface area contributed by atoms with Gasteiger partial charge in [-0.25, -0.2) is 4.79 Å². The molecule has 0 aliphatic carbocycles. The zero-order chi connectivity index (χ0) is 14.2. The second kappa shape index (κ2) is 14.6. The number of hydrogen-bond acceptors (Lipinski definition) is 3. The van der Waals surface area contributed by atoms with Gasteiger partial charge in [0, 0.05) is 19.5 Å². The third-order valence-corrected chi connectivity index (χ3v) is 1.87. The van der Waals surface area contributed by atoms with Gasteiger partial charge >= 0.3 is 30.8 Å². The van der Waals surface area contributed by atoms with Gasteiger partial charge in [0.1, 0.15) is 0 Å². The molecule has 0 spiro atoms. The zero-order valence-corrected chi connectivity index (χ0v) is 17.0. The van der Waals surface area contributed by atoms with Crippen LogP contribution in [0.2, 0.25) is 0 Å². The molecular weight excluding hydrogens is 340 g/mol. The molecule has 0 radical (unpaired) electrons. The molecule has 1 aromatic carbocycles. The fraction of sp³-hybridized carbons (Fsp3) is 0.429. The quantitative estimate of drug-likeness (QED) is 0.343. The van der Waals surface area contributed by atoms with Crippen LogP contribution in [0.4, 0.5) is 0 Å². The Morgan fingerprint density at radius 1 is 1.24 bits per heavy atom. The molecule has 21 heavy (non-hydrogen) atoms. The van der Waals surface area contributed by atoms with Gasteiger partial charge in [0.05, 0.1) is 12.0 Å². The Bertz CT molecular complexity index is 394. The summed E-state index contributed by atoms with van der Waals surface area (Å²) in [7, 11) is 0. The van der Waals surface area contributed by atoms with Gasteiger partial charge in [0.15, 0.2) is 0 Å². The van der Waals surface area contributed by atoms with E-state index in [-0.39, 0.29) is 56.7 Å². The van der Waals surface area contributed by atoms with Crippen LogP contribution in [0, 0.1) is 11.5 Å². The van der Waals surface area contributed by atoms with Crippen molar-refractivity contribution in [1.82, 2.24) is 0 Å². The van der Waals surface area contributed by atoms with Crippen molar-refractivity contribution < 1.29 is 70.2 Å². The van der Waals surface area contributed by atoms with Crippen molar-refractivity contribution >= 4 is 11.9 Å². The number of carbonyl (C=O) groups excluding carboxylic acids is 1. The minimum Gasteiger partial charge on any atom is -1.00 e. The number of hydrogen-bond donors (Lipinski definition) is 1. The second-order valence-corrected chi connectivity index (χ2v) is 4.56. The maximum absolute atomic E-state index is 11.0. The topological polar surface area (TPSA) is 63.6 Å². The van der Waals surface area contributed by atoms with Gasteiger partial charge in [-0.15, -0.1) is 0 Å². The molecule has 4 nitrogen and oxygen atoms in total. The van der Waals surface area contributed by atoms with E-state index >= 15 is 0 Å². The minimum atomic E-state index is -0.757. The molecule has 0 saturated heterocycles. The average Bonchev–Trinajstić information content (AvgIpc) is 2.30. The fourth-order valence-electron chi connectivity index (χ4n) is 0.737. The SMILES string of the molecule is CC(C)(C)C(=O)O.CCOC(=O)c1cc[c-]cc1.[Cl-].[Li+].[Zn]. The number of halogens is 1. The molecular formula is C14H19ClLiO4Zn-. The molecule has 7 heteroatoms. The number of rotatable bonds is 2. The number of carboxylic acids is 1. The van der Waals surface area contributed by atoms with Crippen molar-refractivity contribution in [3.63, 3.8) is 0 Å². The van der Waals surface area contributed by atoms with Crippen LogP contribution in [-0.2, 0) is 29.0 Å². The molecule has 0 bridgehead atoms. The Labute approximate surface area is 157 Å². The smallest absolute Gasteiger partial charge is 1.00 e. The zero-order valence-electron chi connectivity index (χ0n) is 13.3. The summed E-state index contributed by atoms with van der Waals surface area (Å²) < 4.78 is 4.78.